The molecule has 2 aromatic carbocycles. The maximum absolute atomic E-state index is 12.6. The number of rotatable bonds is 3. The van der Waals surface area contributed by atoms with Crippen LogP contribution in [0, 0.1) is 6.92 Å². The zero-order chi connectivity index (χ0) is 15.2. The van der Waals surface area contributed by atoms with E-state index in [0.29, 0.717) is 5.75 Å². The molecule has 0 fully saturated rings. The quantitative estimate of drug-likeness (QED) is 0.688. The molecule has 1 atom stereocenters. The smallest absolute Gasteiger partial charge is 0.128 e. The van der Waals surface area contributed by atoms with Crippen LogP contribution < -0.4 is 0 Å². The highest BCUT2D eigenvalue weighted by Gasteiger charge is 2.11. The van der Waals surface area contributed by atoms with Gasteiger partial charge in [-0.15, -0.1) is 0 Å². The first-order valence-corrected chi connectivity index (χ1v) is 8.53. The molecule has 3 heteroatoms. The number of hydrogen-bond donors (Lipinski definition) is 0. The van der Waals surface area contributed by atoms with Crippen LogP contribution in [0.15, 0.2) is 60.7 Å². The fraction of sp³-hybridized carbons (Fsp3) is 0.222. The molecule has 0 aliphatic carbocycles. The van der Waals surface area contributed by atoms with Gasteiger partial charge in [0.2, 0.25) is 0 Å². The summed E-state index contributed by atoms with van der Waals surface area (Å²) in [5.41, 5.74) is 3.17. The van der Waals surface area contributed by atoms with Crippen LogP contribution >= 0.6 is 0 Å². The fourth-order valence-corrected chi connectivity index (χ4v) is 3.69. The predicted octanol–water partition coefficient (Wildman–Crippen LogP) is 4.69. The Morgan fingerprint density at radius 2 is 1.57 bits per heavy atom. The molecule has 110 valence electrons. The summed E-state index contributed by atoms with van der Waals surface area (Å²) in [5, 5.41) is 1.14. The number of para-hydroxylation sites is 1. The van der Waals surface area contributed by atoms with Crippen molar-refractivity contribution in [3.63, 3.8) is 0 Å². The Bertz CT molecular complexity index is 731. The predicted molar refractivity (Wildman–Crippen MR) is 91.7 cm³/mol. The van der Waals surface area contributed by atoms with E-state index in [0.717, 1.165) is 22.2 Å². The zero-order valence-electron chi connectivity index (χ0n) is 12.7. The summed E-state index contributed by atoms with van der Waals surface area (Å²) in [4.78, 5) is 0. The minimum absolute atomic E-state index is 0.542. The van der Waals surface area contributed by atoms with E-state index in [-0.39, 0.29) is 0 Å². The van der Waals surface area contributed by atoms with Gasteiger partial charge in [-0.2, -0.15) is 0 Å². The third-order valence-corrected chi connectivity index (χ3v) is 4.65. The Labute approximate surface area is 129 Å². The summed E-state index contributed by atoms with van der Waals surface area (Å²) < 4.78 is 14.5. The van der Waals surface area contributed by atoms with Crippen molar-refractivity contribution in [1.82, 2.24) is 3.97 Å². The molecule has 1 unspecified atom stereocenters. The molecule has 0 radical (unpaired) electrons. The van der Waals surface area contributed by atoms with Crippen LogP contribution in [0.2, 0.25) is 0 Å². The normalized spacial score (nSPS) is 11.8. The fourth-order valence-electron chi connectivity index (χ4n) is 2.32. The van der Waals surface area contributed by atoms with Gasteiger partial charge in [-0.05, 0) is 24.6 Å². The third-order valence-electron chi connectivity index (χ3n) is 3.18. The van der Waals surface area contributed by atoms with Gasteiger partial charge in [-0.25, -0.2) is 4.21 Å². The van der Waals surface area contributed by atoms with E-state index in [1.165, 1.54) is 0 Å². The zero-order valence-corrected chi connectivity index (χ0v) is 13.6. The molecule has 0 aliphatic rings. The van der Waals surface area contributed by atoms with Crippen LogP contribution in [-0.4, -0.2) is 8.18 Å². The van der Waals surface area contributed by atoms with Gasteiger partial charge in [0.1, 0.15) is 11.0 Å². The maximum atomic E-state index is 12.6. The van der Waals surface area contributed by atoms with Crippen molar-refractivity contribution in [3.8, 4) is 0 Å². The van der Waals surface area contributed by atoms with Crippen LogP contribution in [0.25, 0.3) is 10.9 Å². The Kier molecular flexibility index (Phi) is 5.34. The number of nitrogens with zero attached hydrogens (tertiary/aromatic N) is 1. The molecule has 3 rings (SSSR count). The molecule has 3 aromatic rings. The number of aryl methyl sites for hydroxylation is 1. The summed E-state index contributed by atoms with van der Waals surface area (Å²) in [7, 11) is -1.07. The average Bonchev–Trinajstić information content (AvgIpc) is 2.86. The second kappa shape index (κ2) is 7.23. The Morgan fingerprint density at radius 3 is 2.29 bits per heavy atom. The molecule has 2 nitrogen and oxygen atoms in total. The summed E-state index contributed by atoms with van der Waals surface area (Å²) in [6.07, 6.45) is 0. The molecule has 0 N–H and O–H groups in total. The maximum Gasteiger partial charge on any atom is 0.128 e. The highest BCUT2D eigenvalue weighted by Crippen LogP contribution is 2.21. The molecule has 1 aromatic heterocycles. The van der Waals surface area contributed by atoms with Gasteiger partial charge in [-0.1, -0.05) is 62.4 Å². The van der Waals surface area contributed by atoms with Crippen molar-refractivity contribution in [3.05, 3.63) is 71.9 Å². The van der Waals surface area contributed by atoms with Crippen LogP contribution in [0.1, 0.15) is 25.1 Å². The van der Waals surface area contributed by atoms with E-state index in [1.54, 1.807) is 0 Å². The van der Waals surface area contributed by atoms with Crippen molar-refractivity contribution < 1.29 is 4.21 Å². The number of fused-ring (bicyclic) bond motifs is 1. The highest BCUT2D eigenvalue weighted by molar-refractivity contribution is 7.82. The van der Waals surface area contributed by atoms with Gasteiger partial charge < -0.3 is 0 Å². The van der Waals surface area contributed by atoms with Gasteiger partial charge in [0.05, 0.1) is 11.3 Å². The molecule has 21 heavy (non-hydrogen) atoms. The summed E-state index contributed by atoms with van der Waals surface area (Å²) in [6.45, 7) is 6.00. The number of benzene rings is 2. The monoisotopic (exact) mass is 299 g/mol. The SMILES string of the molecule is CC.Cc1cc2ccccc2n1S(=O)Cc1ccccc1. The van der Waals surface area contributed by atoms with Crippen LogP contribution in [0.4, 0.5) is 0 Å². The number of hydrogen-bond acceptors (Lipinski definition) is 1. The lowest BCUT2D eigenvalue weighted by Gasteiger charge is -2.08. The van der Waals surface area contributed by atoms with Crippen LogP contribution in [0.3, 0.4) is 0 Å². The molecule has 0 aliphatic heterocycles. The van der Waals surface area contributed by atoms with Gasteiger partial charge >= 0.3 is 0 Å². The lowest BCUT2D eigenvalue weighted by Crippen LogP contribution is -2.08. The van der Waals surface area contributed by atoms with Crippen molar-refractivity contribution >= 4 is 21.9 Å². The van der Waals surface area contributed by atoms with E-state index >= 15 is 0 Å². The van der Waals surface area contributed by atoms with E-state index < -0.39 is 11.0 Å². The largest absolute Gasteiger partial charge is 0.264 e. The lowest BCUT2D eigenvalue weighted by atomic mass is 10.2. The summed E-state index contributed by atoms with van der Waals surface area (Å²) >= 11 is 0. The lowest BCUT2D eigenvalue weighted by molar-refractivity contribution is 0.677. The molecule has 0 spiro atoms. The van der Waals surface area contributed by atoms with Crippen molar-refractivity contribution in [2.75, 3.05) is 0 Å². The molecule has 1 heterocycles. The highest BCUT2D eigenvalue weighted by atomic mass is 32.2. The van der Waals surface area contributed by atoms with Crippen molar-refractivity contribution in [2.45, 2.75) is 26.5 Å². The van der Waals surface area contributed by atoms with Crippen molar-refractivity contribution in [2.24, 2.45) is 0 Å². The number of aromatic nitrogens is 1. The van der Waals surface area contributed by atoms with E-state index in [2.05, 4.69) is 12.1 Å². The van der Waals surface area contributed by atoms with E-state index in [9.17, 15) is 4.21 Å². The van der Waals surface area contributed by atoms with Crippen molar-refractivity contribution in [1.29, 1.82) is 0 Å². The standard InChI is InChI=1S/C16H15NOS.C2H6/c1-13-11-15-9-5-6-10-16(15)17(13)19(18)12-14-7-3-2-4-8-14;1-2/h2-11H,12H2,1H3;1-2H3. The molecule has 0 bridgehead atoms. The van der Waals surface area contributed by atoms with Gasteiger partial charge in [0.15, 0.2) is 0 Å². The third kappa shape index (κ3) is 3.42. The minimum Gasteiger partial charge on any atom is -0.264 e. The minimum atomic E-state index is -1.07. The van der Waals surface area contributed by atoms with E-state index in [1.807, 2.05) is 73.3 Å². The molecule has 0 saturated heterocycles. The summed E-state index contributed by atoms with van der Waals surface area (Å²) in [5.74, 6) is 0.542. The first-order chi connectivity index (χ1) is 10.3. The summed E-state index contributed by atoms with van der Waals surface area (Å²) in [6, 6.07) is 20.1. The Balaban J connectivity index is 0.000000774. The molecular formula is C18H21NOS. The van der Waals surface area contributed by atoms with Gasteiger partial charge in [0.25, 0.3) is 0 Å². The Morgan fingerprint density at radius 1 is 0.952 bits per heavy atom. The average molecular weight is 299 g/mol. The van der Waals surface area contributed by atoms with E-state index in [4.69, 9.17) is 0 Å². The first-order valence-electron chi connectivity index (χ1n) is 7.25. The second-order valence-corrected chi connectivity index (χ2v) is 5.89. The second-order valence-electron chi connectivity index (χ2n) is 4.59. The topological polar surface area (TPSA) is 22.0 Å². The Hall–Kier alpha value is -1.87. The molecule has 0 amide bonds. The molecule has 0 saturated carbocycles. The van der Waals surface area contributed by atoms with Crippen LogP contribution in [0.5, 0.6) is 0 Å². The molecular weight excluding hydrogens is 278 g/mol. The van der Waals surface area contributed by atoms with Gasteiger partial charge in [-0.3, -0.25) is 3.97 Å². The van der Waals surface area contributed by atoms with Gasteiger partial charge in [0, 0.05) is 11.1 Å². The first kappa shape index (κ1) is 15.5. The van der Waals surface area contributed by atoms with Crippen LogP contribution in [-0.2, 0) is 16.7 Å².